The minimum Gasteiger partial charge on any atom is -0.438 e. The SMILES string of the molecule is COCOC(C)(C)CC[C@H](C)[C@@H](C)[C@H]1CC[C@H]2C3=CC=C4C[C@@H](OC(=O)OC)C[C@H](OC(=O)OC)[C@]4(C)[C@H]3CC[C@]12C. The van der Waals surface area contributed by atoms with Crippen molar-refractivity contribution in [1.29, 1.82) is 0 Å². The van der Waals surface area contributed by atoms with Crippen molar-refractivity contribution in [2.45, 2.75) is 111 Å². The average Bonchev–Trinajstić information content (AvgIpc) is 3.32. The van der Waals surface area contributed by atoms with Crippen molar-refractivity contribution in [1.82, 2.24) is 0 Å². The number of hydrogen-bond acceptors (Lipinski definition) is 8. The predicted octanol–water partition coefficient (Wildman–Crippen LogP) is 7.85. The molecule has 0 aliphatic heterocycles. The molecule has 0 N–H and O–H groups in total. The van der Waals surface area contributed by atoms with E-state index in [0.29, 0.717) is 43.3 Å². The van der Waals surface area contributed by atoms with Gasteiger partial charge in [0.1, 0.15) is 19.0 Å². The van der Waals surface area contributed by atoms with Crippen LogP contribution in [0.5, 0.6) is 0 Å². The summed E-state index contributed by atoms with van der Waals surface area (Å²) in [7, 11) is 4.31. The Balaban J connectivity index is 1.54. The summed E-state index contributed by atoms with van der Waals surface area (Å²) in [5.41, 5.74) is 2.35. The van der Waals surface area contributed by atoms with Gasteiger partial charge in [-0.3, -0.25) is 0 Å². The molecule has 238 valence electrons. The zero-order valence-corrected chi connectivity index (χ0v) is 27.3. The van der Waals surface area contributed by atoms with Crippen molar-refractivity contribution in [3.63, 3.8) is 0 Å². The monoisotopic (exact) mass is 590 g/mol. The lowest BCUT2D eigenvalue weighted by molar-refractivity contribution is -0.119. The van der Waals surface area contributed by atoms with Crippen molar-refractivity contribution < 1.29 is 38.0 Å². The van der Waals surface area contributed by atoms with E-state index in [-0.39, 0.29) is 22.3 Å². The number of fused-ring (bicyclic) bond motifs is 5. The van der Waals surface area contributed by atoms with Crippen LogP contribution in [0, 0.1) is 40.4 Å². The topological polar surface area (TPSA) is 89.5 Å². The Morgan fingerprint density at radius 3 is 2.33 bits per heavy atom. The highest BCUT2D eigenvalue weighted by Gasteiger charge is 2.60. The van der Waals surface area contributed by atoms with Gasteiger partial charge in [-0.25, -0.2) is 9.59 Å². The summed E-state index contributed by atoms with van der Waals surface area (Å²) >= 11 is 0. The molecule has 4 aliphatic carbocycles. The van der Waals surface area contributed by atoms with E-state index >= 15 is 0 Å². The largest absolute Gasteiger partial charge is 0.508 e. The smallest absolute Gasteiger partial charge is 0.438 e. The standard InChI is InChI=1S/C34H54O8/c1-21(14-16-32(3,4)40-20-37-7)22(2)26-12-13-27-25-11-10-23-18-24(41-30(35)38-8)19-29(42-31(36)39-9)34(23,6)28(25)15-17-33(26,27)5/h10-11,21-22,24,26-29H,12-20H2,1-9H3/t21-,22+,24+,26+,27-,28-,29-,33+,34-/m0/s1. The molecule has 0 aromatic heterocycles. The van der Waals surface area contributed by atoms with Crippen molar-refractivity contribution >= 4 is 12.3 Å². The van der Waals surface area contributed by atoms with Crippen LogP contribution in [-0.2, 0) is 28.4 Å². The Labute approximate surface area is 252 Å². The molecule has 0 aromatic carbocycles. The van der Waals surface area contributed by atoms with Crippen LogP contribution in [0.2, 0.25) is 0 Å². The molecular weight excluding hydrogens is 536 g/mol. The highest BCUT2D eigenvalue weighted by molar-refractivity contribution is 5.61. The molecule has 0 aromatic rings. The van der Waals surface area contributed by atoms with E-state index in [2.05, 4.69) is 53.7 Å². The first kappa shape index (κ1) is 32.8. The average molecular weight is 591 g/mol. The number of carbonyl (C=O) groups is 2. The van der Waals surface area contributed by atoms with Gasteiger partial charge >= 0.3 is 12.3 Å². The Bertz CT molecular complexity index is 1050. The van der Waals surface area contributed by atoms with Gasteiger partial charge in [0.15, 0.2) is 0 Å². The molecular formula is C34H54O8. The number of allylic oxidation sites excluding steroid dienone is 3. The van der Waals surface area contributed by atoms with Crippen LogP contribution < -0.4 is 0 Å². The second kappa shape index (κ2) is 12.9. The van der Waals surface area contributed by atoms with Gasteiger partial charge in [-0.1, -0.05) is 51.0 Å². The Morgan fingerprint density at radius 1 is 0.976 bits per heavy atom. The van der Waals surface area contributed by atoms with E-state index in [4.69, 9.17) is 28.4 Å². The maximum atomic E-state index is 12.4. The minimum absolute atomic E-state index is 0.194. The third kappa shape index (κ3) is 6.26. The molecule has 0 radical (unpaired) electrons. The van der Waals surface area contributed by atoms with Crippen LogP contribution in [0.1, 0.15) is 92.9 Å². The maximum Gasteiger partial charge on any atom is 0.508 e. The number of hydrogen-bond donors (Lipinski definition) is 0. The van der Waals surface area contributed by atoms with E-state index < -0.39 is 24.5 Å². The Hall–Kier alpha value is -2.06. The third-order valence-corrected chi connectivity index (χ3v) is 11.8. The molecule has 4 aliphatic rings. The highest BCUT2D eigenvalue weighted by atomic mass is 16.7. The minimum atomic E-state index is -0.715. The number of methoxy groups -OCH3 is 3. The fourth-order valence-electron chi connectivity index (χ4n) is 9.04. The van der Waals surface area contributed by atoms with E-state index in [1.807, 2.05) is 0 Å². The van der Waals surface area contributed by atoms with Crippen molar-refractivity contribution in [2.24, 2.45) is 40.4 Å². The first-order valence-electron chi connectivity index (χ1n) is 15.8. The van der Waals surface area contributed by atoms with E-state index in [1.165, 1.54) is 38.2 Å². The number of ether oxygens (including phenoxy) is 6. The van der Waals surface area contributed by atoms with Crippen LogP contribution in [0.15, 0.2) is 23.3 Å². The molecule has 8 nitrogen and oxygen atoms in total. The van der Waals surface area contributed by atoms with Crippen molar-refractivity contribution in [3.05, 3.63) is 23.3 Å². The molecule has 0 unspecified atom stereocenters. The van der Waals surface area contributed by atoms with E-state index in [1.54, 1.807) is 7.11 Å². The van der Waals surface area contributed by atoms with Gasteiger partial charge in [0.25, 0.3) is 0 Å². The molecule has 0 bridgehead atoms. The van der Waals surface area contributed by atoms with Crippen LogP contribution >= 0.6 is 0 Å². The summed E-state index contributed by atoms with van der Waals surface area (Å²) in [5, 5.41) is 0. The van der Waals surface area contributed by atoms with Crippen LogP contribution in [-0.4, -0.2) is 58.2 Å². The summed E-state index contributed by atoms with van der Waals surface area (Å²) in [6.45, 7) is 14.3. The molecule has 42 heavy (non-hydrogen) atoms. The van der Waals surface area contributed by atoms with Gasteiger partial charge in [-0.2, -0.15) is 0 Å². The summed E-state index contributed by atoms with van der Waals surface area (Å²) in [4.78, 5) is 24.3. The van der Waals surface area contributed by atoms with Gasteiger partial charge < -0.3 is 28.4 Å². The lowest BCUT2D eigenvalue weighted by Gasteiger charge is -2.57. The zero-order valence-electron chi connectivity index (χ0n) is 27.3. The molecule has 0 heterocycles. The summed E-state index contributed by atoms with van der Waals surface area (Å²) in [5.74, 6) is 2.65. The van der Waals surface area contributed by atoms with E-state index in [9.17, 15) is 9.59 Å². The van der Waals surface area contributed by atoms with Gasteiger partial charge in [0, 0.05) is 25.4 Å². The predicted molar refractivity (Wildman–Crippen MR) is 160 cm³/mol. The van der Waals surface area contributed by atoms with Gasteiger partial charge in [0.2, 0.25) is 0 Å². The molecule has 4 rings (SSSR count). The second-order valence-electron chi connectivity index (χ2n) is 14.4. The van der Waals surface area contributed by atoms with Crippen LogP contribution in [0.3, 0.4) is 0 Å². The summed E-state index contributed by atoms with van der Waals surface area (Å²) in [6, 6.07) is 0. The molecule has 0 amide bonds. The first-order chi connectivity index (χ1) is 19.8. The quantitative estimate of drug-likeness (QED) is 0.188. The lowest BCUT2D eigenvalue weighted by Crippen LogP contribution is -2.54. The van der Waals surface area contributed by atoms with Gasteiger partial charge in [-0.15, -0.1) is 0 Å². The Kier molecular flexibility index (Phi) is 10.1. The number of rotatable bonds is 10. The first-order valence-corrected chi connectivity index (χ1v) is 15.8. The molecule has 3 saturated carbocycles. The lowest BCUT2D eigenvalue weighted by atomic mass is 9.49. The highest BCUT2D eigenvalue weighted by Crippen LogP contribution is 2.66. The molecule has 9 atom stereocenters. The fourth-order valence-corrected chi connectivity index (χ4v) is 9.04. The van der Waals surface area contributed by atoms with Crippen molar-refractivity contribution in [3.8, 4) is 0 Å². The third-order valence-electron chi connectivity index (χ3n) is 11.8. The Morgan fingerprint density at radius 2 is 1.67 bits per heavy atom. The van der Waals surface area contributed by atoms with Crippen LogP contribution in [0.4, 0.5) is 9.59 Å². The summed E-state index contributed by atoms with van der Waals surface area (Å²) < 4.78 is 32.2. The normalized spacial score (nSPS) is 35.4. The molecule has 3 fully saturated rings. The van der Waals surface area contributed by atoms with Gasteiger partial charge in [0.05, 0.1) is 19.8 Å². The van der Waals surface area contributed by atoms with Gasteiger partial charge in [-0.05, 0) is 87.4 Å². The second-order valence-corrected chi connectivity index (χ2v) is 14.4. The molecule has 8 heteroatoms. The molecule has 0 saturated heterocycles. The van der Waals surface area contributed by atoms with E-state index in [0.717, 1.165) is 25.7 Å². The summed E-state index contributed by atoms with van der Waals surface area (Å²) in [6.07, 6.45) is 10.1. The maximum absolute atomic E-state index is 12.4. The fraction of sp³-hybridized carbons (Fsp3) is 0.824. The zero-order chi connectivity index (χ0) is 30.9. The van der Waals surface area contributed by atoms with Crippen LogP contribution in [0.25, 0.3) is 0 Å². The molecule has 0 spiro atoms. The number of carbonyl (C=O) groups excluding carboxylic acids is 2. The van der Waals surface area contributed by atoms with Crippen molar-refractivity contribution in [2.75, 3.05) is 28.1 Å².